The van der Waals surface area contributed by atoms with Crippen molar-refractivity contribution in [2.45, 2.75) is 30.6 Å². The molecule has 0 fully saturated rings. The zero-order chi connectivity index (χ0) is 14.2. The van der Waals surface area contributed by atoms with Crippen LogP contribution in [0.4, 0.5) is 5.82 Å². The molecule has 0 aliphatic carbocycles. The van der Waals surface area contributed by atoms with Gasteiger partial charge in [-0.25, -0.2) is 4.98 Å². The highest BCUT2D eigenvalue weighted by molar-refractivity contribution is 7.98. The van der Waals surface area contributed by atoms with Gasteiger partial charge in [-0.1, -0.05) is 25.1 Å². The lowest BCUT2D eigenvalue weighted by Gasteiger charge is -2.06. The first-order chi connectivity index (χ1) is 9.81. The lowest BCUT2D eigenvalue weighted by Crippen LogP contribution is -2.02. The fraction of sp³-hybridized carbons (Fsp3) is 0.312. The van der Waals surface area contributed by atoms with Gasteiger partial charge in [-0.3, -0.25) is 0 Å². The van der Waals surface area contributed by atoms with Crippen molar-refractivity contribution in [3.63, 3.8) is 0 Å². The monoisotopic (exact) mass is 288 g/mol. The summed E-state index contributed by atoms with van der Waals surface area (Å²) in [7, 11) is 0. The number of hydrogen-bond acceptors (Lipinski definition) is 4. The van der Waals surface area contributed by atoms with E-state index in [1.165, 1.54) is 4.90 Å². The van der Waals surface area contributed by atoms with Crippen molar-refractivity contribution in [3.8, 4) is 0 Å². The quantitative estimate of drug-likeness (QED) is 0.763. The summed E-state index contributed by atoms with van der Waals surface area (Å²) in [4.78, 5) is 5.78. The second-order valence-electron chi connectivity index (χ2n) is 4.53. The Morgan fingerprint density at radius 1 is 1.15 bits per heavy atom. The van der Waals surface area contributed by atoms with Crippen LogP contribution >= 0.6 is 11.8 Å². The van der Waals surface area contributed by atoms with Crippen LogP contribution in [0.1, 0.15) is 24.6 Å². The molecular weight excluding hydrogens is 268 g/mol. The molecule has 0 bridgehead atoms. The van der Waals surface area contributed by atoms with Gasteiger partial charge in [0.25, 0.3) is 0 Å². The Kier molecular flexibility index (Phi) is 5.89. The van der Waals surface area contributed by atoms with Crippen molar-refractivity contribution in [2.75, 3.05) is 11.9 Å². The molecule has 1 heterocycles. The van der Waals surface area contributed by atoms with Crippen LogP contribution in [0.5, 0.6) is 0 Å². The van der Waals surface area contributed by atoms with E-state index in [0.29, 0.717) is 0 Å². The molecule has 2 N–H and O–H groups in total. The Hall–Kier alpha value is -1.52. The summed E-state index contributed by atoms with van der Waals surface area (Å²) >= 11 is 1.75. The standard InChI is InChI=1S/C16H20N2OS/c1-2-10-17-16-5-3-4-14(18-16)12-20-15-8-6-13(11-19)7-9-15/h3-9,19H,2,10-12H2,1H3,(H,17,18). The van der Waals surface area contributed by atoms with Gasteiger partial charge in [0.1, 0.15) is 5.82 Å². The third kappa shape index (κ3) is 4.54. The van der Waals surface area contributed by atoms with Crippen molar-refractivity contribution in [2.24, 2.45) is 0 Å². The van der Waals surface area contributed by atoms with E-state index in [-0.39, 0.29) is 6.61 Å². The Labute approximate surface area is 124 Å². The first-order valence-corrected chi connectivity index (χ1v) is 7.82. The molecule has 0 aliphatic heterocycles. The predicted molar refractivity (Wildman–Crippen MR) is 84.9 cm³/mol. The molecule has 1 aromatic heterocycles. The smallest absolute Gasteiger partial charge is 0.126 e. The minimum atomic E-state index is 0.0949. The highest BCUT2D eigenvalue weighted by Gasteiger charge is 2.00. The number of nitrogens with one attached hydrogen (secondary N) is 1. The number of benzene rings is 1. The Morgan fingerprint density at radius 3 is 2.65 bits per heavy atom. The fourth-order valence-electron chi connectivity index (χ4n) is 1.76. The van der Waals surface area contributed by atoms with Gasteiger partial charge in [-0.15, -0.1) is 11.8 Å². The molecule has 1 aromatic carbocycles. The van der Waals surface area contributed by atoms with Gasteiger partial charge >= 0.3 is 0 Å². The van der Waals surface area contributed by atoms with Crippen LogP contribution in [-0.2, 0) is 12.4 Å². The number of hydrogen-bond donors (Lipinski definition) is 2. The number of aromatic nitrogens is 1. The summed E-state index contributed by atoms with van der Waals surface area (Å²) in [6.45, 7) is 3.19. The van der Waals surface area contributed by atoms with Crippen molar-refractivity contribution < 1.29 is 5.11 Å². The molecule has 0 amide bonds. The number of pyridine rings is 1. The zero-order valence-corrected chi connectivity index (χ0v) is 12.5. The van der Waals surface area contributed by atoms with Crippen LogP contribution in [0.15, 0.2) is 47.4 Å². The molecule has 0 saturated carbocycles. The SMILES string of the molecule is CCCNc1cccc(CSc2ccc(CO)cc2)n1. The summed E-state index contributed by atoms with van der Waals surface area (Å²) in [5.74, 6) is 1.79. The molecule has 0 saturated heterocycles. The maximum atomic E-state index is 9.01. The molecule has 106 valence electrons. The average molecular weight is 288 g/mol. The predicted octanol–water partition coefficient (Wildman–Crippen LogP) is 3.69. The van der Waals surface area contributed by atoms with Crippen LogP contribution in [0.25, 0.3) is 0 Å². The van der Waals surface area contributed by atoms with Crippen LogP contribution in [-0.4, -0.2) is 16.6 Å². The van der Waals surface area contributed by atoms with E-state index in [4.69, 9.17) is 5.11 Å². The molecule has 4 heteroatoms. The van der Waals surface area contributed by atoms with Crippen molar-refractivity contribution in [1.29, 1.82) is 0 Å². The normalized spacial score (nSPS) is 10.5. The van der Waals surface area contributed by atoms with E-state index in [9.17, 15) is 0 Å². The number of anilines is 1. The molecule has 0 spiro atoms. The first-order valence-electron chi connectivity index (χ1n) is 6.84. The van der Waals surface area contributed by atoms with E-state index < -0.39 is 0 Å². The molecule has 0 atom stereocenters. The second-order valence-corrected chi connectivity index (χ2v) is 5.58. The van der Waals surface area contributed by atoms with Crippen LogP contribution in [0, 0.1) is 0 Å². The van der Waals surface area contributed by atoms with Crippen molar-refractivity contribution in [3.05, 3.63) is 53.7 Å². The summed E-state index contributed by atoms with van der Waals surface area (Å²) in [5, 5.41) is 12.3. The van der Waals surface area contributed by atoms with E-state index in [2.05, 4.69) is 17.2 Å². The molecule has 2 aromatic rings. The lowest BCUT2D eigenvalue weighted by atomic mass is 10.2. The van der Waals surface area contributed by atoms with E-state index in [1.54, 1.807) is 11.8 Å². The molecule has 3 nitrogen and oxygen atoms in total. The van der Waals surface area contributed by atoms with Gasteiger partial charge in [0.2, 0.25) is 0 Å². The number of rotatable bonds is 7. The van der Waals surface area contributed by atoms with Crippen LogP contribution < -0.4 is 5.32 Å². The second kappa shape index (κ2) is 7.92. The minimum Gasteiger partial charge on any atom is -0.392 e. The van der Waals surface area contributed by atoms with Crippen molar-refractivity contribution >= 4 is 17.6 Å². The van der Waals surface area contributed by atoms with Gasteiger partial charge in [0.15, 0.2) is 0 Å². The molecule has 0 unspecified atom stereocenters. The number of nitrogens with zero attached hydrogens (tertiary/aromatic N) is 1. The number of thioether (sulfide) groups is 1. The van der Waals surface area contributed by atoms with Gasteiger partial charge < -0.3 is 10.4 Å². The summed E-state index contributed by atoms with van der Waals surface area (Å²) in [6.07, 6.45) is 1.10. The summed E-state index contributed by atoms with van der Waals surface area (Å²) < 4.78 is 0. The third-order valence-electron chi connectivity index (χ3n) is 2.86. The molecular formula is C16H20N2OS. The molecule has 20 heavy (non-hydrogen) atoms. The number of aliphatic hydroxyl groups is 1. The summed E-state index contributed by atoms with van der Waals surface area (Å²) in [6, 6.07) is 14.1. The Bertz CT molecular complexity index is 528. The lowest BCUT2D eigenvalue weighted by molar-refractivity contribution is 0.282. The largest absolute Gasteiger partial charge is 0.392 e. The van der Waals surface area contributed by atoms with Gasteiger partial charge in [-0.2, -0.15) is 0 Å². The van der Waals surface area contributed by atoms with Crippen molar-refractivity contribution in [1.82, 2.24) is 4.98 Å². The topological polar surface area (TPSA) is 45.1 Å². The molecule has 0 aliphatic rings. The average Bonchev–Trinajstić information content (AvgIpc) is 2.52. The van der Waals surface area contributed by atoms with E-state index in [0.717, 1.165) is 35.8 Å². The third-order valence-corrected chi connectivity index (χ3v) is 3.90. The van der Waals surface area contributed by atoms with Gasteiger partial charge in [0.05, 0.1) is 12.3 Å². The minimum absolute atomic E-state index is 0.0949. The maximum Gasteiger partial charge on any atom is 0.126 e. The van der Waals surface area contributed by atoms with E-state index >= 15 is 0 Å². The van der Waals surface area contributed by atoms with Gasteiger partial charge in [0, 0.05) is 17.2 Å². The zero-order valence-electron chi connectivity index (χ0n) is 11.7. The Morgan fingerprint density at radius 2 is 1.95 bits per heavy atom. The fourth-order valence-corrected chi connectivity index (χ4v) is 2.56. The van der Waals surface area contributed by atoms with Gasteiger partial charge in [-0.05, 0) is 36.2 Å². The Balaban J connectivity index is 1.92. The van der Waals surface area contributed by atoms with Crippen LogP contribution in [0.3, 0.4) is 0 Å². The highest BCUT2D eigenvalue weighted by atomic mass is 32.2. The maximum absolute atomic E-state index is 9.01. The molecule has 2 rings (SSSR count). The van der Waals surface area contributed by atoms with E-state index in [1.807, 2.05) is 42.5 Å². The molecule has 0 radical (unpaired) electrons. The first kappa shape index (κ1) is 14.9. The summed E-state index contributed by atoms with van der Waals surface area (Å²) in [5.41, 5.74) is 2.01. The highest BCUT2D eigenvalue weighted by Crippen LogP contribution is 2.22. The number of aliphatic hydroxyl groups excluding tert-OH is 1. The van der Waals surface area contributed by atoms with Crippen LogP contribution in [0.2, 0.25) is 0 Å².